The zero-order chi connectivity index (χ0) is 35.1. The molecule has 3 aromatic carbocycles. The number of hydrogen-bond acceptors (Lipinski definition) is 8. The van der Waals surface area contributed by atoms with Crippen LogP contribution in [0.5, 0.6) is 11.5 Å². The number of methoxy groups -OCH3 is 1. The van der Waals surface area contributed by atoms with Gasteiger partial charge in [0.25, 0.3) is 5.91 Å². The molecule has 1 aliphatic heterocycles. The summed E-state index contributed by atoms with van der Waals surface area (Å²) in [5.41, 5.74) is 8.30. The van der Waals surface area contributed by atoms with Crippen molar-refractivity contribution >= 4 is 29.2 Å². The van der Waals surface area contributed by atoms with Crippen LogP contribution >= 0.6 is 11.6 Å². The number of carbonyl (C=O) groups is 2. The summed E-state index contributed by atoms with van der Waals surface area (Å²) in [5.74, 6) is -3.20. The van der Waals surface area contributed by atoms with Crippen LogP contribution < -0.4 is 20.3 Å². The highest BCUT2D eigenvalue weighted by Gasteiger charge is 2.32. The maximum atomic E-state index is 15.7. The van der Waals surface area contributed by atoms with Crippen LogP contribution in [0.2, 0.25) is 5.02 Å². The lowest BCUT2D eigenvalue weighted by Gasteiger charge is -2.23. The maximum absolute atomic E-state index is 15.7. The molecule has 0 radical (unpaired) electrons. The van der Waals surface area contributed by atoms with E-state index >= 15 is 8.78 Å². The number of amides is 1. The largest absolute Gasteiger partial charge is 0.493 e. The Morgan fingerprint density at radius 2 is 1.82 bits per heavy atom. The number of hydroxylamine groups is 1. The second-order valence-electron chi connectivity index (χ2n) is 13.1. The Labute approximate surface area is 293 Å². The Bertz CT molecular complexity index is 1980. The van der Waals surface area contributed by atoms with E-state index < -0.39 is 23.5 Å². The van der Waals surface area contributed by atoms with Crippen LogP contribution in [-0.4, -0.2) is 47.0 Å². The van der Waals surface area contributed by atoms with Crippen molar-refractivity contribution in [2.24, 2.45) is 13.0 Å². The van der Waals surface area contributed by atoms with E-state index in [1.807, 2.05) is 49.0 Å². The van der Waals surface area contributed by atoms with Crippen LogP contribution in [0.25, 0.3) is 11.1 Å². The summed E-state index contributed by atoms with van der Waals surface area (Å²) in [5, 5.41) is 3.31. The molecule has 1 unspecified atom stereocenters. The molecule has 1 aromatic heterocycles. The zero-order valence-electron chi connectivity index (χ0n) is 28.1. The van der Waals surface area contributed by atoms with Crippen LogP contribution in [0.1, 0.15) is 70.5 Å². The van der Waals surface area contributed by atoms with Crippen LogP contribution in [-0.2, 0) is 42.6 Å². The molecular weight excluding hydrogens is 668 g/mol. The minimum atomic E-state index is -0.980. The topological polar surface area (TPSA) is 107 Å². The second kappa shape index (κ2) is 14.0. The van der Waals surface area contributed by atoms with Crippen molar-refractivity contribution in [2.75, 3.05) is 26.0 Å². The number of nitrogens with one attached hydrogen (secondary N) is 2. The van der Waals surface area contributed by atoms with Crippen molar-refractivity contribution in [3.63, 3.8) is 0 Å². The van der Waals surface area contributed by atoms with E-state index in [1.165, 1.54) is 7.11 Å². The third kappa shape index (κ3) is 6.31. The van der Waals surface area contributed by atoms with Gasteiger partial charge in [0.05, 0.1) is 36.0 Å². The molecular formula is C37H38ClF2N5O5. The number of likely N-dealkylation sites (N-methyl/N-ethyl adjacent to an activating group) is 1. The second-order valence-corrected chi connectivity index (χ2v) is 13.5. The van der Waals surface area contributed by atoms with Gasteiger partial charge in [-0.3, -0.25) is 9.59 Å². The van der Waals surface area contributed by atoms with Crippen molar-refractivity contribution in [2.45, 2.75) is 57.7 Å². The number of halogens is 3. The first-order valence-electron chi connectivity index (χ1n) is 16.7. The maximum Gasteiger partial charge on any atom is 0.327 e. The highest BCUT2D eigenvalue weighted by atomic mass is 35.5. The summed E-state index contributed by atoms with van der Waals surface area (Å²) >= 11 is 6.95. The lowest BCUT2D eigenvalue weighted by Crippen LogP contribution is -2.29. The van der Waals surface area contributed by atoms with Gasteiger partial charge in [0.1, 0.15) is 6.10 Å². The highest BCUT2D eigenvalue weighted by Crippen LogP contribution is 2.45. The first-order valence-corrected chi connectivity index (χ1v) is 17.1. The Morgan fingerprint density at radius 3 is 2.58 bits per heavy atom. The Hall–Kier alpha value is -4.52. The molecule has 7 rings (SSSR count). The number of ether oxygens (including phenoxy) is 2. The van der Waals surface area contributed by atoms with Crippen molar-refractivity contribution in [3.8, 4) is 22.6 Å². The fraction of sp³-hybridized carbons (Fsp3) is 0.378. The monoisotopic (exact) mass is 705 g/mol. The summed E-state index contributed by atoms with van der Waals surface area (Å²) in [7, 11) is 5.16. The van der Waals surface area contributed by atoms with Crippen molar-refractivity contribution < 1.29 is 32.7 Å². The van der Waals surface area contributed by atoms with E-state index in [-0.39, 0.29) is 35.7 Å². The Morgan fingerprint density at radius 1 is 1.04 bits per heavy atom. The summed E-state index contributed by atoms with van der Waals surface area (Å²) in [6, 6.07) is 12.2. The van der Waals surface area contributed by atoms with Gasteiger partial charge in [-0.05, 0) is 61.6 Å². The standard InChI is InChI=1S/C37H38ClF2N5O5/c1-44-16-15-29-28(19-44)42-35(45(29)2)36(46)43-27-12-6-11-25(31(27)38)22-9-5-10-24-23(22)13-14-30(24)49-34-26(39)17-21(33(48-3)32(34)40)18-41-50-37(47)20-7-4-8-20/h5-6,9-12,17,20,30,41H,4,7-8,13-16,18-19H2,1-3H3,(H,43,46). The molecule has 1 atom stereocenters. The minimum Gasteiger partial charge on any atom is -0.493 e. The number of anilines is 1. The fourth-order valence-electron chi connectivity index (χ4n) is 7.02. The van der Waals surface area contributed by atoms with Gasteiger partial charge in [-0.15, -0.1) is 5.48 Å². The average molecular weight is 706 g/mol. The normalized spacial score (nSPS) is 17.1. The molecule has 1 saturated carbocycles. The minimum absolute atomic E-state index is 0.141. The highest BCUT2D eigenvalue weighted by molar-refractivity contribution is 6.36. The Kier molecular flexibility index (Phi) is 9.51. The van der Waals surface area contributed by atoms with Crippen LogP contribution in [0.15, 0.2) is 42.5 Å². The van der Waals surface area contributed by atoms with E-state index in [4.69, 9.17) is 25.9 Å². The number of rotatable bonds is 10. The summed E-state index contributed by atoms with van der Waals surface area (Å²) < 4.78 is 44.2. The molecule has 2 heterocycles. The zero-order valence-corrected chi connectivity index (χ0v) is 28.8. The molecule has 0 bridgehead atoms. The quantitative estimate of drug-likeness (QED) is 0.176. The average Bonchev–Trinajstić information content (AvgIpc) is 3.63. The number of fused-ring (bicyclic) bond motifs is 2. The van der Waals surface area contributed by atoms with E-state index in [2.05, 4.69) is 20.7 Å². The van der Waals surface area contributed by atoms with Gasteiger partial charge in [0.2, 0.25) is 5.82 Å². The van der Waals surface area contributed by atoms with Gasteiger partial charge < -0.3 is 29.1 Å². The summed E-state index contributed by atoms with van der Waals surface area (Å²) in [4.78, 5) is 37.3. The number of carbonyl (C=O) groups excluding carboxylic acids is 2. The Balaban J connectivity index is 1.09. The van der Waals surface area contributed by atoms with E-state index in [1.54, 1.807) is 6.07 Å². The van der Waals surface area contributed by atoms with Gasteiger partial charge in [0, 0.05) is 43.4 Å². The van der Waals surface area contributed by atoms with Crippen molar-refractivity contribution in [1.82, 2.24) is 19.9 Å². The SMILES string of the molecule is COc1c(CNOC(=O)C2CCC2)cc(F)c(OC2CCc3c(-c4cccc(NC(=O)c5nc6c(n5C)CCN(C)C6)c4Cl)cccc32)c1F. The first kappa shape index (κ1) is 34.0. The van der Waals surface area contributed by atoms with Crippen molar-refractivity contribution in [3.05, 3.63) is 93.0 Å². The molecule has 13 heteroatoms. The van der Waals surface area contributed by atoms with Crippen LogP contribution in [0.4, 0.5) is 14.5 Å². The van der Waals surface area contributed by atoms with Crippen LogP contribution in [0, 0.1) is 17.6 Å². The number of imidazole rings is 1. The predicted octanol–water partition coefficient (Wildman–Crippen LogP) is 6.68. The smallest absolute Gasteiger partial charge is 0.327 e. The third-order valence-corrected chi connectivity index (χ3v) is 10.4. The van der Waals surface area contributed by atoms with Gasteiger partial charge in [0.15, 0.2) is 23.1 Å². The number of aromatic nitrogens is 2. The molecule has 3 aliphatic rings. The molecule has 4 aromatic rings. The first-order chi connectivity index (χ1) is 24.1. The number of nitrogens with zero attached hydrogens (tertiary/aromatic N) is 3. The van der Waals surface area contributed by atoms with Crippen LogP contribution in [0.3, 0.4) is 0 Å². The molecule has 50 heavy (non-hydrogen) atoms. The molecule has 2 aliphatic carbocycles. The van der Waals surface area contributed by atoms with Crippen molar-refractivity contribution in [1.29, 1.82) is 0 Å². The summed E-state index contributed by atoms with van der Waals surface area (Å²) in [6.45, 7) is 1.44. The van der Waals surface area contributed by atoms with E-state index in [9.17, 15) is 9.59 Å². The summed E-state index contributed by atoms with van der Waals surface area (Å²) in [6.07, 6.45) is 3.75. The van der Waals surface area contributed by atoms with E-state index in [0.29, 0.717) is 41.5 Å². The molecule has 0 spiro atoms. The fourth-order valence-corrected chi connectivity index (χ4v) is 7.29. The molecule has 1 fully saturated rings. The molecule has 2 N–H and O–H groups in total. The third-order valence-electron chi connectivity index (χ3n) is 9.95. The van der Waals surface area contributed by atoms with Gasteiger partial charge in [-0.2, -0.15) is 4.39 Å². The van der Waals surface area contributed by atoms with Gasteiger partial charge in [-0.25, -0.2) is 9.37 Å². The predicted molar refractivity (Wildman–Crippen MR) is 183 cm³/mol. The number of hydrogen-bond donors (Lipinski definition) is 2. The lowest BCUT2D eigenvalue weighted by molar-refractivity contribution is -0.159. The molecule has 10 nitrogen and oxygen atoms in total. The molecule has 262 valence electrons. The lowest BCUT2D eigenvalue weighted by atomic mass is 9.86. The molecule has 1 amide bonds. The van der Waals surface area contributed by atoms with Gasteiger partial charge >= 0.3 is 5.97 Å². The number of benzene rings is 3. The van der Waals surface area contributed by atoms with Gasteiger partial charge in [-0.1, -0.05) is 48.4 Å². The van der Waals surface area contributed by atoms with E-state index in [0.717, 1.165) is 66.4 Å². The molecule has 0 saturated heterocycles.